The number of aliphatic imine (C=N–C) groups is 1. The lowest BCUT2D eigenvalue weighted by Crippen LogP contribution is -2.45. The average Bonchev–Trinajstić information content (AvgIpc) is 3.68. The van der Waals surface area contributed by atoms with E-state index in [0.29, 0.717) is 41.5 Å². The Morgan fingerprint density at radius 2 is 2.09 bits per heavy atom. The summed E-state index contributed by atoms with van der Waals surface area (Å²) in [7, 11) is 0. The van der Waals surface area contributed by atoms with E-state index >= 15 is 4.39 Å². The van der Waals surface area contributed by atoms with Crippen LogP contribution in [0.3, 0.4) is 0 Å². The molecule has 2 aromatic heterocycles. The smallest absolute Gasteiger partial charge is 0.410 e. The standard InChI is InChI=1S/C30H35FN8O3S/c1-5-33-16-18(15-32)24-20-12-13-22-26(25(20)39(37-24)23-11-7-6-10-21(23)31)43-28(35-22)36-27(40)34-17-19-9-8-14-38(19)29(41)42-30(2,3)4/h5-7,10-11,15-16,19H,1,8-9,12-14,17,32H2,2-4H3,(H2,34,35,36,40)/b18-15+,33-16-/t19-/m0/s1. The van der Waals surface area contributed by atoms with Crippen molar-refractivity contribution in [2.75, 3.05) is 18.4 Å². The molecule has 0 bridgehead atoms. The van der Waals surface area contributed by atoms with Crippen molar-refractivity contribution >= 4 is 40.4 Å². The molecule has 226 valence electrons. The van der Waals surface area contributed by atoms with Crippen molar-refractivity contribution in [2.45, 2.75) is 58.1 Å². The number of nitrogens with two attached hydrogens (primary N) is 1. The van der Waals surface area contributed by atoms with E-state index in [-0.39, 0.29) is 24.4 Å². The van der Waals surface area contributed by atoms with Gasteiger partial charge in [0, 0.05) is 42.8 Å². The lowest BCUT2D eigenvalue weighted by molar-refractivity contribution is 0.0228. The van der Waals surface area contributed by atoms with Gasteiger partial charge in [0.1, 0.15) is 17.1 Å². The molecule has 4 N–H and O–H groups in total. The molecule has 5 rings (SSSR count). The third kappa shape index (κ3) is 6.46. The second-order valence-corrected chi connectivity index (χ2v) is 12.2. The highest BCUT2D eigenvalue weighted by atomic mass is 32.1. The van der Waals surface area contributed by atoms with Crippen molar-refractivity contribution in [1.29, 1.82) is 0 Å². The van der Waals surface area contributed by atoms with Crippen molar-refractivity contribution < 1.29 is 18.7 Å². The van der Waals surface area contributed by atoms with E-state index < -0.39 is 17.4 Å². The zero-order valence-electron chi connectivity index (χ0n) is 24.4. The topological polar surface area (TPSA) is 140 Å². The van der Waals surface area contributed by atoms with Crippen LogP contribution in [0.5, 0.6) is 0 Å². The first-order valence-electron chi connectivity index (χ1n) is 14.1. The Kier molecular flexibility index (Phi) is 8.62. The van der Waals surface area contributed by atoms with Gasteiger partial charge in [-0.05, 0) is 58.6 Å². The van der Waals surface area contributed by atoms with E-state index in [2.05, 4.69) is 27.2 Å². The third-order valence-electron chi connectivity index (χ3n) is 7.08. The summed E-state index contributed by atoms with van der Waals surface area (Å²) in [6.07, 6.45) is 6.79. The number of aromatic nitrogens is 3. The Balaban J connectivity index is 1.38. The number of urea groups is 1. The van der Waals surface area contributed by atoms with Crippen LogP contribution in [0, 0.1) is 5.82 Å². The summed E-state index contributed by atoms with van der Waals surface area (Å²) in [4.78, 5) is 36.7. The molecule has 43 heavy (non-hydrogen) atoms. The van der Waals surface area contributed by atoms with Crippen LogP contribution < -0.4 is 16.4 Å². The predicted octanol–water partition coefficient (Wildman–Crippen LogP) is 5.27. The second kappa shape index (κ2) is 12.4. The number of nitrogens with one attached hydrogen (secondary N) is 2. The Morgan fingerprint density at radius 3 is 2.81 bits per heavy atom. The molecule has 1 aromatic carbocycles. The zero-order valence-corrected chi connectivity index (χ0v) is 25.2. The van der Waals surface area contributed by atoms with Crippen molar-refractivity contribution in [3.8, 4) is 16.3 Å². The van der Waals surface area contributed by atoms with Crippen LogP contribution in [0.2, 0.25) is 0 Å². The van der Waals surface area contributed by atoms with Gasteiger partial charge in [0.05, 0.1) is 28.0 Å². The summed E-state index contributed by atoms with van der Waals surface area (Å²) in [5.74, 6) is -0.431. The first-order valence-corrected chi connectivity index (χ1v) is 14.9. The molecule has 1 fully saturated rings. The molecule has 3 amide bonds. The van der Waals surface area contributed by atoms with Crippen LogP contribution in [-0.2, 0) is 17.6 Å². The van der Waals surface area contributed by atoms with Gasteiger partial charge in [-0.1, -0.05) is 30.0 Å². The van der Waals surface area contributed by atoms with Crippen LogP contribution in [0.1, 0.15) is 50.6 Å². The molecule has 13 heteroatoms. The Bertz CT molecular complexity index is 1600. The zero-order chi connectivity index (χ0) is 30.7. The number of carbonyl (C=O) groups is 2. The van der Waals surface area contributed by atoms with Crippen LogP contribution >= 0.6 is 11.3 Å². The number of halogens is 1. The largest absolute Gasteiger partial charge is 0.444 e. The number of benzene rings is 1. The van der Waals surface area contributed by atoms with Crippen molar-refractivity contribution in [2.24, 2.45) is 10.7 Å². The molecule has 3 aromatic rings. The molecule has 0 spiro atoms. The second-order valence-electron chi connectivity index (χ2n) is 11.2. The number of amides is 3. The number of aryl methyl sites for hydroxylation is 1. The number of ether oxygens (including phenoxy) is 1. The molecule has 11 nitrogen and oxygen atoms in total. The number of hydrogen-bond donors (Lipinski definition) is 3. The minimum absolute atomic E-state index is 0.157. The van der Waals surface area contributed by atoms with Gasteiger partial charge >= 0.3 is 12.1 Å². The van der Waals surface area contributed by atoms with E-state index in [4.69, 9.17) is 15.6 Å². The number of thiazole rings is 1. The van der Waals surface area contributed by atoms with Crippen molar-refractivity contribution in [1.82, 2.24) is 25.0 Å². The van der Waals surface area contributed by atoms with E-state index in [0.717, 1.165) is 29.0 Å². The Morgan fingerprint density at radius 1 is 1.30 bits per heavy atom. The number of hydrogen-bond acceptors (Lipinski definition) is 8. The quantitative estimate of drug-likeness (QED) is 0.313. The first kappa shape index (κ1) is 30.0. The molecule has 1 saturated heterocycles. The molecule has 0 unspecified atom stereocenters. The van der Waals surface area contributed by atoms with Gasteiger partial charge in [-0.3, -0.25) is 10.3 Å². The highest BCUT2D eigenvalue weighted by molar-refractivity contribution is 7.19. The van der Waals surface area contributed by atoms with Gasteiger partial charge in [-0.15, -0.1) is 0 Å². The van der Waals surface area contributed by atoms with Gasteiger partial charge in [0.2, 0.25) is 0 Å². The summed E-state index contributed by atoms with van der Waals surface area (Å²) in [6, 6.07) is 5.81. The molecule has 3 heterocycles. The van der Waals surface area contributed by atoms with Crippen molar-refractivity contribution in [3.05, 3.63) is 66.0 Å². The summed E-state index contributed by atoms with van der Waals surface area (Å²) < 4.78 is 22.1. The number of nitrogens with zero attached hydrogens (tertiary/aromatic N) is 5. The number of rotatable bonds is 7. The lowest BCUT2D eigenvalue weighted by atomic mass is 9.95. The minimum Gasteiger partial charge on any atom is -0.444 e. The molecule has 0 radical (unpaired) electrons. The molecule has 2 aliphatic rings. The number of fused-ring (bicyclic) bond motifs is 3. The van der Waals surface area contributed by atoms with Crippen molar-refractivity contribution in [3.63, 3.8) is 0 Å². The molecule has 0 saturated carbocycles. The molecule has 1 aliphatic heterocycles. The molecule has 1 atom stereocenters. The highest BCUT2D eigenvalue weighted by Crippen LogP contribution is 2.43. The number of likely N-dealkylation sites (tertiary alicyclic amines) is 1. The van der Waals surface area contributed by atoms with Gasteiger partial charge in [-0.2, -0.15) is 5.10 Å². The summed E-state index contributed by atoms with van der Waals surface area (Å²) in [5, 5.41) is 10.9. The maximum absolute atomic E-state index is 15.0. The molecule has 1 aliphatic carbocycles. The SMILES string of the molecule is C=C/N=C\C(=C/N)c1nn(-c2ccccc2F)c2c1CCc1nc(NC(=O)NC[C@@H]3CCCN3C(=O)OC(C)(C)C)sc1-2. The fourth-order valence-corrected chi connectivity index (χ4v) is 6.29. The van der Waals surface area contributed by atoms with E-state index in [1.807, 2.05) is 20.8 Å². The predicted molar refractivity (Wildman–Crippen MR) is 166 cm³/mol. The Labute approximate surface area is 253 Å². The van der Waals surface area contributed by atoms with Gasteiger partial charge < -0.3 is 20.7 Å². The number of carbonyl (C=O) groups excluding carboxylic acids is 2. The average molecular weight is 607 g/mol. The van der Waals surface area contributed by atoms with Gasteiger partial charge in [0.25, 0.3) is 0 Å². The van der Waals surface area contributed by atoms with Crippen LogP contribution in [0.15, 0.2) is 48.2 Å². The van der Waals surface area contributed by atoms with Crippen LogP contribution in [-0.4, -0.2) is 62.7 Å². The maximum atomic E-state index is 15.0. The maximum Gasteiger partial charge on any atom is 0.410 e. The number of allylic oxidation sites excluding steroid dienone is 1. The van der Waals surface area contributed by atoms with E-state index in [1.165, 1.54) is 29.8 Å². The van der Waals surface area contributed by atoms with E-state index in [1.54, 1.807) is 34.0 Å². The normalized spacial score (nSPS) is 16.6. The number of para-hydroxylation sites is 1. The molecular formula is C30H35FN8O3S. The fraction of sp³-hybridized carbons (Fsp3) is 0.367. The molecular weight excluding hydrogens is 571 g/mol. The van der Waals surface area contributed by atoms with E-state index in [9.17, 15) is 9.59 Å². The summed E-state index contributed by atoms with van der Waals surface area (Å²) in [6.45, 7) is 9.97. The minimum atomic E-state index is -0.595. The highest BCUT2D eigenvalue weighted by Gasteiger charge is 2.33. The third-order valence-corrected chi connectivity index (χ3v) is 8.10. The van der Waals surface area contributed by atoms with Crippen LogP contribution in [0.4, 0.5) is 19.1 Å². The van der Waals surface area contributed by atoms with Gasteiger partial charge in [-0.25, -0.2) is 23.6 Å². The first-order chi connectivity index (χ1) is 20.6. The number of anilines is 1. The monoisotopic (exact) mass is 606 g/mol. The Hall–Kier alpha value is -4.52. The summed E-state index contributed by atoms with van der Waals surface area (Å²) >= 11 is 1.29. The lowest BCUT2D eigenvalue weighted by Gasteiger charge is -2.28. The fourth-order valence-electron chi connectivity index (χ4n) is 5.23. The van der Waals surface area contributed by atoms with Gasteiger partial charge in [0.15, 0.2) is 5.13 Å². The summed E-state index contributed by atoms with van der Waals surface area (Å²) in [5.41, 5.74) is 9.13. The van der Waals surface area contributed by atoms with Crippen LogP contribution in [0.25, 0.3) is 21.8 Å².